The van der Waals surface area contributed by atoms with Gasteiger partial charge in [-0.05, 0) is 29.3 Å². The van der Waals surface area contributed by atoms with Crippen LogP contribution in [-0.4, -0.2) is 46.9 Å². The van der Waals surface area contributed by atoms with Gasteiger partial charge in [-0.2, -0.15) is 5.10 Å². The Labute approximate surface area is 196 Å². The SMILES string of the molecule is COC(=O)c1cn(CC(c2ccc(N(C)C)cc2)c2c[nH]c3ccccc23)cc2c(=O)[nH]nc1-2. The third-order valence-corrected chi connectivity index (χ3v) is 6.22. The molecule has 0 fully saturated rings. The van der Waals surface area contributed by atoms with Crippen molar-refractivity contribution >= 4 is 22.6 Å². The third kappa shape index (κ3) is 3.73. The van der Waals surface area contributed by atoms with Gasteiger partial charge in [-0.25, -0.2) is 9.89 Å². The second-order valence-corrected chi connectivity index (χ2v) is 8.50. The van der Waals surface area contributed by atoms with Crippen molar-refractivity contribution in [1.29, 1.82) is 0 Å². The van der Waals surface area contributed by atoms with E-state index in [0.29, 0.717) is 17.8 Å². The van der Waals surface area contributed by atoms with E-state index in [2.05, 4.69) is 56.5 Å². The van der Waals surface area contributed by atoms with Gasteiger partial charge in [0.1, 0.15) is 11.3 Å². The zero-order valence-electron chi connectivity index (χ0n) is 19.2. The summed E-state index contributed by atoms with van der Waals surface area (Å²) in [6.07, 6.45) is 5.47. The number of methoxy groups -OCH3 is 1. The number of hydrogen-bond acceptors (Lipinski definition) is 5. The molecule has 0 amide bonds. The van der Waals surface area contributed by atoms with Crippen LogP contribution in [0.2, 0.25) is 0 Å². The molecule has 8 heteroatoms. The highest BCUT2D eigenvalue weighted by Crippen LogP contribution is 2.34. The number of esters is 1. The van der Waals surface area contributed by atoms with Crippen molar-refractivity contribution < 1.29 is 9.53 Å². The average molecular weight is 456 g/mol. The highest BCUT2D eigenvalue weighted by Gasteiger charge is 2.24. The fraction of sp³-hybridized carbons (Fsp3) is 0.192. The number of carbonyl (C=O) groups excluding carboxylic acids is 1. The number of anilines is 1. The van der Waals surface area contributed by atoms with Crippen LogP contribution in [0.4, 0.5) is 5.69 Å². The van der Waals surface area contributed by atoms with Crippen molar-refractivity contribution in [3.05, 3.63) is 94.2 Å². The third-order valence-electron chi connectivity index (χ3n) is 6.22. The average Bonchev–Trinajstić information content (AvgIpc) is 3.45. The molecule has 1 atom stereocenters. The summed E-state index contributed by atoms with van der Waals surface area (Å²) in [7, 11) is 5.34. The molecule has 2 N–H and O–H groups in total. The number of carbonyl (C=O) groups is 1. The van der Waals surface area contributed by atoms with Crippen LogP contribution in [0.25, 0.3) is 22.2 Å². The van der Waals surface area contributed by atoms with E-state index in [-0.39, 0.29) is 17.0 Å². The molecule has 0 bridgehead atoms. The van der Waals surface area contributed by atoms with E-state index in [4.69, 9.17) is 4.74 Å². The van der Waals surface area contributed by atoms with Crippen molar-refractivity contribution in [3.63, 3.8) is 0 Å². The summed E-state index contributed by atoms with van der Waals surface area (Å²) in [4.78, 5) is 30.2. The zero-order valence-corrected chi connectivity index (χ0v) is 19.2. The fourth-order valence-corrected chi connectivity index (χ4v) is 4.44. The first kappa shape index (κ1) is 21.5. The predicted octanol–water partition coefficient (Wildman–Crippen LogP) is 3.84. The van der Waals surface area contributed by atoms with Crippen LogP contribution in [0.5, 0.6) is 0 Å². The lowest BCUT2D eigenvalue weighted by Crippen LogP contribution is -2.16. The molecule has 2 aliphatic heterocycles. The Balaban J connectivity index is 1.65. The largest absolute Gasteiger partial charge is 0.465 e. The lowest BCUT2D eigenvalue weighted by atomic mass is 9.90. The second kappa shape index (κ2) is 8.55. The van der Waals surface area contributed by atoms with Crippen molar-refractivity contribution in [1.82, 2.24) is 19.7 Å². The van der Waals surface area contributed by atoms with Crippen LogP contribution < -0.4 is 10.5 Å². The number of rotatable bonds is 6. The van der Waals surface area contributed by atoms with E-state index in [1.165, 1.54) is 7.11 Å². The van der Waals surface area contributed by atoms with Crippen molar-refractivity contribution in [2.24, 2.45) is 0 Å². The fourth-order valence-electron chi connectivity index (χ4n) is 4.44. The van der Waals surface area contributed by atoms with Crippen LogP contribution in [-0.2, 0) is 11.3 Å². The molecular formula is C26H25N5O3. The monoisotopic (exact) mass is 455 g/mol. The molecule has 2 aromatic carbocycles. The Morgan fingerprint density at radius 1 is 1.12 bits per heavy atom. The van der Waals surface area contributed by atoms with Crippen molar-refractivity contribution in [2.45, 2.75) is 12.5 Å². The molecule has 3 heterocycles. The molecule has 34 heavy (non-hydrogen) atoms. The second-order valence-electron chi connectivity index (χ2n) is 8.50. The lowest BCUT2D eigenvalue weighted by molar-refractivity contribution is 0.0600. The van der Waals surface area contributed by atoms with Crippen molar-refractivity contribution in [3.8, 4) is 11.3 Å². The molecule has 3 aromatic rings. The van der Waals surface area contributed by atoms with E-state index in [9.17, 15) is 9.59 Å². The number of aromatic nitrogens is 4. The zero-order chi connectivity index (χ0) is 23.8. The van der Waals surface area contributed by atoms with Crippen molar-refractivity contribution in [2.75, 3.05) is 26.1 Å². The molecule has 172 valence electrons. The minimum absolute atomic E-state index is 0.0395. The van der Waals surface area contributed by atoms with Gasteiger partial charge in [-0.1, -0.05) is 30.3 Å². The molecule has 0 saturated heterocycles. The number of H-pyrrole nitrogens is 2. The summed E-state index contributed by atoms with van der Waals surface area (Å²) >= 11 is 0. The Kier molecular flexibility index (Phi) is 5.41. The standard InChI is InChI=1S/C26H25N5O3/c1-30(2)17-10-8-16(9-11-17)20(19-12-27-23-7-5-4-6-18(19)23)13-31-14-21-24(28-29-25(21)32)22(15-31)26(33)34-3/h4-12,14-15,20,27H,13H2,1-3H3,(H,29,32). The molecule has 0 aliphatic carbocycles. The first-order valence-electron chi connectivity index (χ1n) is 11.0. The van der Waals surface area contributed by atoms with Crippen LogP contribution in [0.15, 0.2) is 71.9 Å². The maximum atomic E-state index is 12.4. The summed E-state index contributed by atoms with van der Waals surface area (Å²) in [5.41, 5.74) is 4.99. The molecule has 8 nitrogen and oxygen atoms in total. The number of pyridine rings is 1. The first-order valence-corrected chi connectivity index (χ1v) is 11.0. The molecule has 0 saturated carbocycles. The maximum Gasteiger partial charge on any atom is 0.341 e. The van der Waals surface area contributed by atoms with Crippen LogP contribution in [0, 0.1) is 0 Å². The number of nitrogens with one attached hydrogen (secondary N) is 2. The van der Waals surface area contributed by atoms with Gasteiger partial charge in [-0.3, -0.25) is 4.79 Å². The summed E-state index contributed by atoms with van der Waals surface area (Å²) in [6.45, 7) is 0.508. The van der Waals surface area contributed by atoms with E-state index < -0.39 is 5.97 Å². The topological polar surface area (TPSA) is 96.0 Å². The minimum Gasteiger partial charge on any atom is -0.465 e. The first-order chi connectivity index (χ1) is 16.5. The van der Waals surface area contributed by atoms with E-state index in [1.807, 2.05) is 37.0 Å². The summed E-state index contributed by atoms with van der Waals surface area (Å²) in [5.74, 6) is -0.577. The number of hydrogen-bond donors (Lipinski definition) is 2. The summed E-state index contributed by atoms with van der Waals surface area (Å²) in [6, 6.07) is 16.6. The van der Waals surface area contributed by atoms with Gasteiger partial charge in [0.2, 0.25) is 0 Å². The molecule has 0 radical (unpaired) electrons. The number of aromatic amines is 2. The van der Waals surface area contributed by atoms with Gasteiger partial charge < -0.3 is 19.2 Å². The Hall–Kier alpha value is -4.33. The van der Waals surface area contributed by atoms with E-state index >= 15 is 0 Å². The summed E-state index contributed by atoms with van der Waals surface area (Å²) < 4.78 is 6.82. The van der Waals surface area contributed by atoms with Crippen LogP contribution >= 0.6 is 0 Å². The number of fused-ring (bicyclic) bond motifs is 2. The molecule has 1 unspecified atom stereocenters. The minimum atomic E-state index is -0.537. The Morgan fingerprint density at radius 3 is 2.62 bits per heavy atom. The van der Waals surface area contributed by atoms with E-state index in [1.54, 1.807) is 12.4 Å². The van der Waals surface area contributed by atoms with Crippen LogP contribution in [0.1, 0.15) is 27.4 Å². The Bertz CT molecular complexity index is 1490. The number of ether oxygens (including phenoxy) is 1. The molecule has 5 rings (SSSR count). The van der Waals surface area contributed by atoms with E-state index in [0.717, 1.165) is 27.7 Å². The van der Waals surface area contributed by atoms with Gasteiger partial charge >= 0.3 is 5.97 Å². The lowest BCUT2D eigenvalue weighted by Gasteiger charge is -2.22. The van der Waals surface area contributed by atoms with Gasteiger partial charge in [0, 0.05) is 61.7 Å². The molecule has 2 aliphatic rings. The Morgan fingerprint density at radius 2 is 1.88 bits per heavy atom. The van der Waals surface area contributed by atoms with Gasteiger partial charge in [0.25, 0.3) is 5.56 Å². The predicted molar refractivity (Wildman–Crippen MR) is 132 cm³/mol. The number of benzene rings is 2. The summed E-state index contributed by atoms with van der Waals surface area (Å²) in [5, 5.41) is 7.59. The van der Waals surface area contributed by atoms with Gasteiger partial charge in [-0.15, -0.1) is 0 Å². The number of para-hydroxylation sites is 1. The molecule has 0 spiro atoms. The maximum absolute atomic E-state index is 12.4. The molecule has 1 aromatic heterocycles. The highest BCUT2D eigenvalue weighted by molar-refractivity contribution is 5.96. The highest BCUT2D eigenvalue weighted by atomic mass is 16.5. The van der Waals surface area contributed by atoms with Crippen LogP contribution in [0.3, 0.4) is 0 Å². The molecular weight excluding hydrogens is 430 g/mol. The van der Waals surface area contributed by atoms with Gasteiger partial charge in [0.05, 0.1) is 12.7 Å². The van der Waals surface area contributed by atoms with Gasteiger partial charge in [0.15, 0.2) is 0 Å². The number of nitrogens with zero attached hydrogens (tertiary/aromatic N) is 3. The quantitative estimate of drug-likeness (QED) is 0.379. The smallest absolute Gasteiger partial charge is 0.341 e. The normalized spacial score (nSPS) is 12.2.